The Labute approximate surface area is 87.2 Å². The van der Waals surface area contributed by atoms with E-state index < -0.39 is 0 Å². The van der Waals surface area contributed by atoms with Crippen molar-refractivity contribution in [1.82, 2.24) is 0 Å². The van der Waals surface area contributed by atoms with Gasteiger partial charge in [-0.2, -0.15) is 0 Å². The Bertz CT molecular complexity index is 173. The molecule has 0 aromatic carbocycles. The Balaban J connectivity index is 1.66. The molecular formula is C13H22O. The van der Waals surface area contributed by atoms with Gasteiger partial charge >= 0.3 is 0 Å². The molecule has 0 atom stereocenters. The first kappa shape index (κ1) is 9.21. The van der Waals surface area contributed by atoms with Gasteiger partial charge in [-0.05, 0) is 56.8 Å². The molecular weight excluding hydrogens is 172 g/mol. The summed E-state index contributed by atoms with van der Waals surface area (Å²) in [6.45, 7) is 1.03. The summed E-state index contributed by atoms with van der Waals surface area (Å²) >= 11 is 0. The fourth-order valence-electron chi connectivity index (χ4n) is 4.01. The normalized spacial score (nSPS) is 34.3. The van der Waals surface area contributed by atoms with Gasteiger partial charge in [0, 0.05) is 6.61 Å². The zero-order valence-corrected chi connectivity index (χ0v) is 9.19. The van der Waals surface area contributed by atoms with Gasteiger partial charge in [0.25, 0.3) is 0 Å². The smallest absolute Gasteiger partial charge is 0.0683 e. The van der Waals surface area contributed by atoms with Crippen LogP contribution < -0.4 is 0 Å². The first-order valence-electron chi connectivity index (χ1n) is 6.47. The van der Waals surface area contributed by atoms with Crippen molar-refractivity contribution >= 4 is 0 Å². The van der Waals surface area contributed by atoms with Gasteiger partial charge in [0.2, 0.25) is 0 Å². The highest BCUT2D eigenvalue weighted by Gasteiger charge is 2.45. The van der Waals surface area contributed by atoms with E-state index in [1.165, 1.54) is 64.2 Å². The van der Waals surface area contributed by atoms with Crippen LogP contribution in [-0.4, -0.2) is 12.2 Å². The van der Waals surface area contributed by atoms with Crippen LogP contribution in [-0.2, 0) is 4.74 Å². The maximum atomic E-state index is 5.98. The molecule has 2 spiro atoms. The summed E-state index contributed by atoms with van der Waals surface area (Å²) in [6, 6.07) is 0. The number of hydrogen-bond acceptors (Lipinski definition) is 1. The van der Waals surface area contributed by atoms with Crippen molar-refractivity contribution in [1.29, 1.82) is 0 Å². The molecule has 3 aliphatic rings. The van der Waals surface area contributed by atoms with E-state index in [-0.39, 0.29) is 0 Å². The summed E-state index contributed by atoms with van der Waals surface area (Å²) in [7, 11) is 0. The fraction of sp³-hybridized carbons (Fsp3) is 1.00. The van der Waals surface area contributed by atoms with Crippen molar-refractivity contribution in [3.8, 4) is 0 Å². The maximum Gasteiger partial charge on any atom is 0.0683 e. The van der Waals surface area contributed by atoms with Crippen LogP contribution in [0.5, 0.6) is 0 Å². The SMILES string of the molecule is C1CCC2(C1)CCC1(CCCO1)CC2. The van der Waals surface area contributed by atoms with E-state index in [0.29, 0.717) is 5.60 Å². The fourth-order valence-corrected chi connectivity index (χ4v) is 4.01. The highest BCUT2D eigenvalue weighted by molar-refractivity contribution is 4.97. The Hall–Kier alpha value is -0.0400. The van der Waals surface area contributed by atoms with Gasteiger partial charge in [-0.15, -0.1) is 0 Å². The van der Waals surface area contributed by atoms with Crippen molar-refractivity contribution in [3.05, 3.63) is 0 Å². The van der Waals surface area contributed by atoms with E-state index in [4.69, 9.17) is 4.74 Å². The van der Waals surface area contributed by atoms with E-state index in [1.54, 1.807) is 0 Å². The Kier molecular flexibility index (Phi) is 2.12. The molecule has 0 aromatic rings. The minimum Gasteiger partial charge on any atom is -0.375 e. The van der Waals surface area contributed by atoms with Crippen LogP contribution in [0.3, 0.4) is 0 Å². The lowest BCUT2D eigenvalue weighted by molar-refractivity contribution is -0.0528. The largest absolute Gasteiger partial charge is 0.375 e. The van der Waals surface area contributed by atoms with E-state index in [2.05, 4.69) is 0 Å². The van der Waals surface area contributed by atoms with Crippen LogP contribution in [0.25, 0.3) is 0 Å². The summed E-state index contributed by atoms with van der Waals surface area (Å²) < 4.78 is 5.98. The van der Waals surface area contributed by atoms with Crippen molar-refractivity contribution in [2.24, 2.45) is 5.41 Å². The number of hydrogen-bond donors (Lipinski definition) is 0. The molecule has 2 saturated carbocycles. The van der Waals surface area contributed by atoms with Gasteiger partial charge in [-0.25, -0.2) is 0 Å². The lowest BCUT2D eigenvalue weighted by Gasteiger charge is -2.42. The van der Waals surface area contributed by atoms with E-state index in [0.717, 1.165) is 12.0 Å². The van der Waals surface area contributed by atoms with Crippen molar-refractivity contribution in [2.45, 2.75) is 69.8 Å². The molecule has 1 nitrogen and oxygen atoms in total. The quantitative estimate of drug-likeness (QED) is 0.571. The molecule has 0 N–H and O–H groups in total. The molecule has 3 fully saturated rings. The highest BCUT2D eigenvalue weighted by atomic mass is 16.5. The number of ether oxygens (including phenoxy) is 1. The Morgan fingerprint density at radius 1 is 0.643 bits per heavy atom. The van der Waals surface area contributed by atoms with E-state index >= 15 is 0 Å². The van der Waals surface area contributed by atoms with Crippen LogP contribution >= 0.6 is 0 Å². The van der Waals surface area contributed by atoms with Gasteiger partial charge in [-0.3, -0.25) is 0 Å². The van der Waals surface area contributed by atoms with E-state index in [9.17, 15) is 0 Å². The molecule has 1 saturated heterocycles. The second-order valence-electron chi connectivity index (χ2n) is 5.84. The van der Waals surface area contributed by atoms with Gasteiger partial charge in [0.15, 0.2) is 0 Å². The predicted molar refractivity (Wildman–Crippen MR) is 57.3 cm³/mol. The molecule has 0 bridgehead atoms. The summed E-state index contributed by atoms with van der Waals surface area (Å²) in [5.74, 6) is 0. The van der Waals surface area contributed by atoms with Gasteiger partial charge in [-0.1, -0.05) is 12.8 Å². The summed E-state index contributed by atoms with van der Waals surface area (Å²) in [5.41, 5.74) is 1.13. The monoisotopic (exact) mass is 194 g/mol. The average Bonchev–Trinajstić information content (AvgIpc) is 2.81. The first-order valence-corrected chi connectivity index (χ1v) is 6.47. The average molecular weight is 194 g/mol. The van der Waals surface area contributed by atoms with Crippen molar-refractivity contribution in [3.63, 3.8) is 0 Å². The van der Waals surface area contributed by atoms with Gasteiger partial charge < -0.3 is 4.74 Å². The molecule has 80 valence electrons. The van der Waals surface area contributed by atoms with Gasteiger partial charge in [0.1, 0.15) is 0 Å². The summed E-state index contributed by atoms with van der Waals surface area (Å²) in [6.07, 6.45) is 14.4. The molecule has 3 rings (SSSR count). The second-order valence-corrected chi connectivity index (χ2v) is 5.84. The standard InChI is InChI=1S/C13H22O/c1-2-5-12(4-1)7-9-13(10-8-12)6-3-11-14-13/h1-11H2. The minimum absolute atomic E-state index is 0.355. The zero-order valence-electron chi connectivity index (χ0n) is 9.19. The Morgan fingerprint density at radius 3 is 1.93 bits per heavy atom. The topological polar surface area (TPSA) is 9.23 Å². The molecule has 2 aliphatic carbocycles. The molecule has 0 unspecified atom stereocenters. The van der Waals surface area contributed by atoms with Crippen LogP contribution in [0.1, 0.15) is 64.2 Å². The highest BCUT2D eigenvalue weighted by Crippen LogP contribution is 2.53. The maximum absolute atomic E-state index is 5.98. The van der Waals surface area contributed by atoms with Gasteiger partial charge in [0.05, 0.1) is 5.60 Å². The molecule has 0 radical (unpaired) electrons. The second kappa shape index (κ2) is 3.23. The predicted octanol–water partition coefficient (Wildman–Crippen LogP) is 3.67. The molecule has 14 heavy (non-hydrogen) atoms. The van der Waals surface area contributed by atoms with E-state index in [1.807, 2.05) is 0 Å². The Morgan fingerprint density at radius 2 is 1.36 bits per heavy atom. The van der Waals surface area contributed by atoms with Crippen LogP contribution in [0.2, 0.25) is 0 Å². The molecule has 1 heteroatoms. The van der Waals surface area contributed by atoms with Crippen LogP contribution in [0, 0.1) is 5.41 Å². The number of rotatable bonds is 0. The van der Waals surface area contributed by atoms with Crippen LogP contribution in [0.15, 0.2) is 0 Å². The third kappa shape index (κ3) is 1.41. The molecule has 0 amide bonds. The molecule has 1 heterocycles. The third-order valence-corrected chi connectivity index (χ3v) is 5.07. The molecule has 0 aromatic heterocycles. The lowest BCUT2D eigenvalue weighted by Crippen LogP contribution is -2.37. The summed E-state index contributed by atoms with van der Waals surface area (Å²) in [5, 5.41) is 0. The van der Waals surface area contributed by atoms with Crippen molar-refractivity contribution < 1.29 is 4.74 Å². The van der Waals surface area contributed by atoms with Crippen LogP contribution in [0.4, 0.5) is 0 Å². The first-order chi connectivity index (χ1) is 6.83. The lowest BCUT2D eigenvalue weighted by atomic mass is 9.67. The summed E-state index contributed by atoms with van der Waals surface area (Å²) in [4.78, 5) is 0. The third-order valence-electron chi connectivity index (χ3n) is 5.07. The molecule has 1 aliphatic heterocycles. The minimum atomic E-state index is 0.355. The van der Waals surface area contributed by atoms with Crippen molar-refractivity contribution in [2.75, 3.05) is 6.61 Å². The zero-order chi connectivity index (χ0) is 9.49.